The molecule has 0 bridgehead atoms. The molecular weight excluding hydrogens is 292 g/mol. The molecule has 0 radical (unpaired) electrons. The van der Waals surface area contributed by atoms with Crippen molar-refractivity contribution in [2.45, 2.75) is 51.9 Å². The van der Waals surface area contributed by atoms with Crippen molar-refractivity contribution in [1.82, 2.24) is 10.2 Å². The molecule has 5 nitrogen and oxygen atoms in total. The molecule has 1 saturated carbocycles. The fraction of sp³-hybridized carbons (Fsp3) is 0.611. The minimum absolute atomic E-state index is 0.112. The van der Waals surface area contributed by atoms with Crippen LogP contribution in [0, 0.1) is 5.92 Å². The first kappa shape index (κ1) is 17.6. The van der Waals surface area contributed by atoms with Gasteiger partial charge in [0.1, 0.15) is 5.75 Å². The number of rotatable bonds is 6. The zero-order valence-electron chi connectivity index (χ0n) is 14.3. The summed E-state index contributed by atoms with van der Waals surface area (Å²) in [5.74, 6) is 1.02. The highest BCUT2D eigenvalue weighted by molar-refractivity contribution is 5.73. The van der Waals surface area contributed by atoms with Crippen LogP contribution in [0.25, 0.3) is 0 Å². The summed E-state index contributed by atoms with van der Waals surface area (Å²) in [6.45, 7) is 5.04. The molecule has 0 spiro atoms. The highest BCUT2D eigenvalue weighted by Gasteiger charge is 2.27. The molecule has 0 saturated heterocycles. The predicted molar refractivity (Wildman–Crippen MR) is 90.4 cm³/mol. The molecular formula is C18H28N2O3. The normalized spacial score (nSPS) is 20.6. The number of carbonyl (C=O) groups is 1. The second-order valence-electron chi connectivity index (χ2n) is 6.61. The lowest BCUT2D eigenvalue weighted by Gasteiger charge is -2.23. The highest BCUT2D eigenvalue weighted by Crippen LogP contribution is 2.26. The van der Waals surface area contributed by atoms with E-state index in [1.165, 1.54) is 0 Å². The Labute approximate surface area is 138 Å². The van der Waals surface area contributed by atoms with Gasteiger partial charge < -0.3 is 20.1 Å². The van der Waals surface area contributed by atoms with Crippen molar-refractivity contribution in [1.29, 1.82) is 0 Å². The van der Waals surface area contributed by atoms with E-state index in [4.69, 9.17) is 4.74 Å². The first-order chi connectivity index (χ1) is 11.0. The molecule has 2 N–H and O–H groups in total. The summed E-state index contributed by atoms with van der Waals surface area (Å²) < 4.78 is 5.66. The van der Waals surface area contributed by atoms with Crippen LogP contribution < -0.4 is 10.1 Å². The van der Waals surface area contributed by atoms with E-state index in [0.29, 0.717) is 13.1 Å². The van der Waals surface area contributed by atoms with Gasteiger partial charge in [0, 0.05) is 26.1 Å². The number of nitrogens with zero attached hydrogens (tertiary/aromatic N) is 1. The molecule has 0 aromatic heterocycles. The zero-order valence-corrected chi connectivity index (χ0v) is 14.3. The third kappa shape index (κ3) is 5.43. The number of aliphatic hydroxyl groups is 1. The minimum atomic E-state index is -0.268. The average Bonchev–Trinajstić information content (AvgIpc) is 2.89. The lowest BCUT2D eigenvalue weighted by Crippen LogP contribution is -2.40. The Hall–Kier alpha value is -1.75. The minimum Gasteiger partial charge on any atom is -0.491 e. The number of nitrogens with one attached hydrogen (secondary N) is 1. The summed E-state index contributed by atoms with van der Waals surface area (Å²) in [4.78, 5) is 13.8. The van der Waals surface area contributed by atoms with Gasteiger partial charge in [-0.3, -0.25) is 0 Å². The number of benzene rings is 1. The summed E-state index contributed by atoms with van der Waals surface area (Å²) in [7, 11) is 1.78. The summed E-state index contributed by atoms with van der Waals surface area (Å²) in [5, 5.41) is 12.8. The molecule has 0 heterocycles. The van der Waals surface area contributed by atoms with Crippen LogP contribution in [0.4, 0.5) is 4.79 Å². The first-order valence-electron chi connectivity index (χ1n) is 8.38. The van der Waals surface area contributed by atoms with E-state index >= 15 is 0 Å². The second-order valence-corrected chi connectivity index (χ2v) is 6.61. The summed E-state index contributed by atoms with van der Waals surface area (Å²) >= 11 is 0. The van der Waals surface area contributed by atoms with Gasteiger partial charge in [0.2, 0.25) is 0 Å². The van der Waals surface area contributed by atoms with Crippen molar-refractivity contribution in [3.8, 4) is 5.75 Å². The number of urea groups is 1. The van der Waals surface area contributed by atoms with E-state index < -0.39 is 0 Å². The van der Waals surface area contributed by atoms with Gasteiger partial charge in [-0.15, -0.1) is 0 Å². The SMILES string of the molecule is CC(C)Oc1cccc(CNC(=O)N(C)C[C@@H]2CCC[C@H]2O)c1. The van der Waals surface area contributed by atoms with Crippen molar-refractivity contribution >= 4 is 6.03 Å². The zero-order chi connectivity index (χ0) is 16.8. The maximum atomic E-state index is 12.2. The lowest BCUT2D eigenvalue weighted by atomic mass is 10.1. The first-order valence-corrected chi connectivity index (χ1v) is 8.38. The van der Waals surface area contributed by atoms with E-state index in [9.17, 15) is 9.90 Å². The van der Waals surface area contributed by atoms with Crippen molar-refractivity contribution in [3.05, 3.63) is 29.8 Å². The molecule has 1 aromatic carbocycles. The van der Waals surface area contributed by atoms with E-state index in [-0.39, 0.29) is 24.2 Å². The fourth-order valence-electron chi connectivity index (χ4n) is 2.98. The average molecular weight is 320 g/mol. The van der Waals surface area contributed by atoms with E-state index in [0.717, 1.165) is 30.6 Å². The molecule has 0 aliphatic heterocycles. The number of carbonyl (C=O) groups excluding carboxylic acids is 1. The molecule has 1 fully saturated rings. The third-order valence-corrected chi connectivity index (χ3v) is 4.19. The Morgan fingerprint density at radius 3 is 2.87 bits per heavy atom. The lowest BCUT2D eigenvalue weighted by molar-refractivity contribution is 0.114. The number of hydrogen-bond acceptors (Lipinski definition) is 3. The molecule has 1 aliphatic rings. The predicted octanol–water partition coefficient (Wildman–Crippen LogP) is 2.78. The molecule has 128 valence electrons. The number of hydrogen-bond donors (Lipinski definition) is 2. The summed E-state index contributed by atoms with van der Waals surface area (Å²) in [6, 6.07) is 7.64. The number of ether oxygens (including phenoxy) is 1. The highest BCUT2D eigenvalue weighted by atomic mass is 16.5. The quantitative estimate of drug-likeness (QED) is 0.847. The smallest absolute Gasteiger partial charge is 0.317 e. The van der Waals surface area contributed by atoms with Gasteiger partial charge >= 0.3 is 6.03 Å². The Morgan fingerprint density at radius 2 is 2.22 bits per heavy atom. The molecule has 5 heteroatoms. The Bertz CT molecular complexity index is 519. The maximum Gasteiger partial charge on any atom is 0.317 e. The van der Waals surface area contributed by atoms with E-state index in [1.807, 2.05) is 38.1 Å². The standard InChI is InChI=1S/C18H28N2O3/c1-13(2)23-16-8-4-6-14(10-16)11-19-18(22)20(3)12-15-7-5-9-17(15)21/h4,6,8,10,13,15,17,21H,5,7,9,11-12H2,1-3H3,(H,19,22)/t15-,17+/m0/s1. The Kier molecular flexibility index (Phi) is 6.28. The Balaban J connectivity index is 1.81. The summed E-state index contributed by atoms with van der Waals surface area (Å²) in [6.07, 6.45) is 2.75. The van der Waals surface area contributed by atoms with E-state index in [1.54, 1.807) is 11.9 Å². The monoisotopic (exact) mass is 320 g/mol. The van der Waals surface area contributed by atoms with Crippen molar-refractivity contribution in [2.24, 2.45) is 5.92 Å². The third-order valence-electron chi connectivity index (χ3n) is 4.19. The van der Waals surface area contributed by atoms with Gasteiger partial charge in [-0.25, -0.2) is 4.79 Å². The molecule has 2 rings (SSSR count). The van der Waals surface area contributed by atoms with Crippen LogP contribution in [-0.4, -0.2) is 41.8 Å². The Morgan fingerprint density at radius 1 is 1.43 bits per heavy atom. The van der Waals surface area contributed by atoms with Gasteiger partial charge in [0.25, 0.3) is 0 Å². The van der Waals surface area contributed by atoms with Gasteiger partial charge in [-0.2, -0.15) is 0 Å². The van der Waals surface area contributed by atoms with Crippen molar-refractivity contribution in [2.75, 3.05) is 13.6 Å². The molecule has 1 aromatic rings. The van der Waals surface area contributed by atoms with Crippen LogP contribution in [0.2, 0.25) is 0 Å². The number of aliphatic hydroxyl groups excluding tert-OH is 1. The molecule has 2 atom stereocenters. The largest absolute Gasteiger partial charge is 0.491 e. The molecule has 2 amide bonds. The molecule has 23 heavy (non-hydrogen) atoms. The fourth-order valence-corrected chi connectivity index (χ4v) is 2.98. The maximum absolute atomic E-state index is 12.2. The van der Waals surface area contributed by atoms with E-state index in [2.05, 4.69) is 5.32 Å². The summed E-state index contributed by atoms with van der Waals surface area (Å²) in [5.41, 5.74) is 1.01. The van der Waals surface area contributed by atoms with Gasteiger partial charge in [0.05, 0.1) is 12.2 Å². The van der Waals surface area contributed by atoms with Gasteiger partial charge in [-0.1, -0.05) is 18.6 Å². The van der Waals surface area contributed by atoms with Crippen LogP contribution in [0.1, 0.15) is 38.7 Å². The van der Waals surface area contributed by atoms with Crippen LogP contribution in [-0.2, 0) is 6.54 Å². The van der Waals surface area contributed by atoms with Gasteiger partial charge in [-0.05, 0) is 44.4 Å². The van der Waals surface area contributed by atoms with Crippen molar-refractivity contribution < 1.29 is 14.6 Å². The van der Waals surface area contributed by atoms with Crippen molar-refractivity contribution in [3.63, 3.8) is 0 Å². The topological polar surface area (TPSA) is 61.8 Å². The van der Waals surface area contributed by atoms with Gasteiger partial charge in [0.15, 0.2) is 0 Å². The number of amides is 2. The van der Waals surface area contributed by atoms with Crippen LogP contribution >= 0.6 is 0 Å². The van der Waals surface area contributed by atoms with Crippen LogP contribution in [0.3, 0.4) is 0 Å². The van der Waals surface area contributed by atoms with Crippen LogP contribution in [0.5, 0.6) is 5.75 Å². The molecule has 0 unspecified atom stereocenters. The molecule has 1 aliphatic carbocycles. The van der Waals surface area contributed by atoms with Crippen LogP contribution in [0.15, 0.2) is 24.3 Å². The second kappa shape index (κ2) is 8.20.